The van der Waals surface area contributed by atoms with Crippen molar-refractivity contribution in [2.24, 2.45) is 5.92 Å². The highest BCUT2D eigenvalue weighted by molar-refractivity contribution is 6.01. The molecule has 0 aromatic heterocycles. The maximum atomic E-state index is 11.7. The van der Waals surface area contributed by atoms with Gasteiger partial charge in [0.1, 0.15) is 0 Å². The minimum atomic E-state index is -0.817. The second kappa shape index (κ2) is 10.3. The maximum absolute atomic E-state index is 11.7. The summed E-state index contributed by atoms with van der Waals surface area (Å²) in [4.78, 5) is 50.6. The molecule has 1 saturated heterocycles. The number of carbonyl (C=O) groups excluding carboxylic acids is 4. The van der Waals surface area contributed by atoms with Gasteiger partial charge in [-0.25, -0.2) is 4.79 Å². The second-order valence-corrected chi connectivity index (χ2v) is 7.31. The Labute approximate surface area is 154 Å². The van der Waals surface area contributed by atoms with Crippen molar-refractivity contribution >= 4 is 23.8 Å². The first-order valence-corrected chi connectivity index (χ1v) is 8.97. The van der Waals surface area contributed by atoms with Crippen LogP contribution in [-0.2, 0) is 33.5 Å². The molecule has 1 fully saturated rings. The van der Waals surface area contributed by atoms with E-state index in [-0.39, 0.29) is 32.3 Å². The number of esters is 1. The summed E-state index contributed by atoms with van der Waals surface area (Å²) in [5.74, 6) is -1.90. The zero-order valence-corrected chi connectivity index (χ0v) is 16.0. The standard InChI is InChI=1S/C18H29NO7/c1-13(2)9-11-25-18(3,4)10-12-24-16(22)7-8-17(23)26-19-14(20)5-6-15(19)21/h13H,5-12H2,1-4H3. The molecule has 0 N–H and O–H groups in total. The van der Waals surface area contributed by atoms with Gasteiger partial charge < -0.3 is 14.3 Å². The van der Waals surface area contributed by atoms with Crippen molar-refractivity contribution < 1.29 is 33.5 Å². The lowest BCUT2D eigenvalue weighted by Crippen LogP contribution is -2.32. The summed E-state index contributed by atoms with van der Waals surface area (Å²) in [6, 6.07) is 0. The topological polar surface area (TPSA) is 99.2 Å². The Bertz CT molecular complexity index is 512. The Morgan fingerprint density at radius 1 is 1.04 bits per heavy atom. The van der Waals surface area contributed by atoms with Gasteiger partial charge in [0.15, 0.2) is 0 Å². The van der Waals surface area contributed by atoms with E-state index >= 15 is 0 Å². The minimum absolute atomic E-state index is 0.0309. The molecule has 0 aromatic carbocycles. The van der Waals surface area contributed by atoms with Crippen LogP contribution in [0.15, 0.2) is 0 Å². The van der Waals surface area contributed by atoms with E-state index in [0.717, 1.165) is 6.42 Å². The smallest absolute Gasteiger partial charge is 0.333 e. The summed E-state index contributed by atoms with van der Waals surface area (Å²) < 4.78 is 10.9. The van der Waals surface area contributed by atoms with E-state index in [1.54, 1.807) is 0 Å². The highest BCUT2D eigenvalue weighted by Gasteiger charge is 2.32. The monoisotopic (exact) mass is 371 g/mol. The maximum Gasteiger partial charge on any atom is 0.333 e. The molecule has 0 aliphatic carbocycles. The molecule has 0 spiro atoms. The first-order valence-electron chi connectivity index (χ1n) is 8.97. The Kier molecular flexibility index (Phi) is 8.71. The molecule has 148 valence electrons. The number of ether oxygens (including phenoxy) is 2. The van der Waals surface area contributed by atoms with Crippen LogP contribution in [0.4, 0.5) is 0 Å². The second-order valence-electron chi connectivity index (χ2n) is 7.31. The van der Waals surface area contributed by atoms with Gasteiger partial charge in [-0.2, -0.15) is 0 Å². The number of hydrogen-bond acceptors (Lipinski definition) is 7. The van der Waals surface area contributed by atoms with Crippen LogP contribution in [-0.4, -0.2) is 47.6 Å². The fraction of sp³-hybridized carbons (Fsp3) is 0.778. The number of nitrogens with zero attached hydrogens (tertiary/aromatic N) is 1. The number of rotatable bonds is 11. The van der Waals surface area contributed by atoms with E-state index in [1.165, 1.54) is 0 Å². The summed E-state index contributed by atoms with van der Waals surface area (Å²) >= 11 is 0. The number of hydrogen-bond donors (Lipinski definition) is 0. The van der Waals surface area contributed by atoms with Gasteiger partial charge in [0.05, 0.1) is 25.0 Å². The first-order chi connectivity index (χ1) is 12.1. The van der Waals surface area contributed by atoms with Crippen LogP contribution in [0.3, 0.4) is 0 Å². The summed E-state index contributed by atoms with van der Waals surface area (Å²) in [6.45, 7) is 8.95. The Balaban J connectivity index is 2.18. The fourth-order valence-corrected chi connectivity index (χ4v) is 2.14. The van der Waals surface area contributed by atoms with Gasteiger partial charge in [0, 0.05) is 25.9 Å². The molecule has 1 aliphatic rings. The van der Waals surface area contributed by atoms with Gasteiger partial charge >= 0.3 is 11.9 Å². The molecule has 0 radical (unpaired) electrons. The molecule has 0 aromatic rings. The van der Waals surface area contributed by atoms with Crippen LogP contribution in [0, 0.1) is 5.92 Å². The highest BCUT2D eigenvalue weighted by atomic mass is 16.7. The zero-order valence-electron chi connectivity index (χ0n) is 16.0. The predicted octanol–water partition coefficient (Wildman–Crippen LogP) is 2.15. The van der Waals surface area contributed by atoms with Crippen LogP contribution in [0.1, 0.15) is 66.2 Å². The Hall–Kier alpha value is -1.96. The van der Waals surface area contributed by atoms with Crippen molar-refractivity contribution in [1.82, 2.24) is 5.06 Å². The lowest BCUT2D eigenvalue weighted by atomic mass is 10.1. The van der Waals surface area contributed by atoms with Crippen molar-refractivity contribution in [2.45, 2.75) is 71.8 Å². The number of imide groups is 1. The van der Waals surface area contributed by atoms with E-state index in [1.807, 2.05) is 13.8 Å². The summed E-state index contributed by atoms with van der Waals surface area (Å²) in [5.41, 5.74) is -0.398. The SMILES string of the molecule is CC(C)CCOC(C)(C)CCOC(=O)CCC(=O)ON1C(=O)CCC1=O. The van der Waals surface area contributed by atoms with Crippen molar-refractivity contribution in [3.05, 3.63) is 0 Å². The zero-order chi connectivity index (χ0) is 19.7. The van der Waals surface area contributed by atoms with Crippen LogP contribution in [0.25, 0.3) is 0 Å². The molecule has 2 amide bonds. The lowest BCUT2D eigenvalue weighted by Gasteiger charge is -2.25. The van der Waals surface area contributed by atoms with Gasteiger partial charge in [0.2, 0.25) is 0 Å². The third-order valence-corrected chi connectivity index (χ3v) is 3.89. The molecular weight excluding hydrogens is 342 g/mol. The van der Waals surface area contributed by atoms with E-state index in [2.05, 4.69) is 18.7 Å². The summed E-state index contributed by atoms with van der Waals surface area (Å²) in [6.07, 6.45) is 1.13. The van der Waals surface area contributed by atoms with Gasteiger partial charge in [-0.15, -0.1) is 5.06 Å². The van der Waals surface area contributed by atoms with Gasteiger partial charge in [0.25, 0.3) is 11.8 Å². The number of carbonyl (C=O) groups is 4. The summed E-state index contributed by atoms with van der Waals surface area (Å²) in [7, 11) is 0. The molecule has 8 heteroatoms. The van der Waals surface area contributed by atoms with E-state index < -0.39 is 29.4 Å². The highest BCUT2D eigenvalue weighted by Crippen LogP contribution is 2.16. The van der Waals surface area contributed by atoms with Crippen LogP contribution in [0.2, 0.25) is 0 Å². The van der Waals surface area contributed by atoms with Gasteiger partial charge in [-0.1, -0.05) is 13.8 Å². The summed E-state index contributed by atoms with van der Waals surface area (Å²) in [5, 5.41) is 0.463. The molecule has 0 atom stereocenters. The molecule has 0 bridgehead atoms. The lowest BCUT2D eigenvalue weighted by molar-refractivity contribution is -0.197. The minimum Gasteiger partial charge on any atom is -0.466 e. The van der Waals surface area contributed by atoms with Crippen molar-refractivity contribution in [3.8, 4) is 0 Å². The average Bonchev–Trinajstić information content (AvgIpc) is 2.84. The molecule has 26 heavy (non-hydrogen) atoms. The van der Waals surface area contributed by atoms with Crippen molar-refractivity contribution in [2.75, 3.05) is 13.2 Å². The van der Waals surface area contributed by atoms with E-state index in [9.17, 15) is 19.2 Å². The Morgan fingerprint density at radius 2 is 1.62 bits per heavy atom. The third kappa shape index (κ3) is 8.42. The predicted molar refractivity (Wildman–Crippen MR) is 91.5 cm³/mol. The van der Waals surface area contributed by atoms with E-state index in [4.69, 9.17) is 9.47 Å². The average molecular weight is 371 g/mol. The Morgan fingerprint density at radius 3 is 2.19 bits per heavy atom. The molecule has 0 unspecified atom stereocenters. The fourth-order valence-electron chi connectivity index (χ4n) is 2.14. The van der Waals surface area contributed by atoms with Crippen LogP contribution >= 0.6 is 0 Å². The van der Waals surface area contributed by atoms with Crippen LogP contribution in [0.5, 0.6) is 0 Å². The first kappa shape index (κ1) is 22.1. The largest absolute Gasteiger partial charge is 0.466 e. The number of amides is 2. The normalized spacial score (nSPS) is 14.9. The molecule has 0 saturated carbocycles. The quantitative estimate of drug-likeness (QED) is 0.405. The molecule has 1 rings (SSSR count). The van der Waals surface area contributed by atoms with Gasteiger partial charge in [-0.05, 0) is 26.2 Å². The molecular formula is C18H29NO7. The van der Waals surface area contributed by atoms with Gasteiger partial charge in [-0.3, -0.25) is 14.4 Å². The third-order valence-electron chi connectivity index (χ3n) is 3.89. The number of hydroxylamine groups is 2. The van der Waals surface area contributed by atoms with E-state index in [0.29, 0.717) is 24.0 Å². The van der Waals surface area contributed by atoms with Crippen molar-refractivity contribution in [1.29, 1.82) is 0 Å². The molecule has 1 aliphatic heterocycles. The molecule has 1 heterocycles. The van der Waals surface area contributed by atoms with Crippen molar-refractivity contribution in [3.63, 3.8) is 0 Å². The van der Waals surface area contributed by atoms with Crippen LogP contribution < -0.4 is 0 Å². The molecule has 8 nitrogen and oxygen atoms in total.